The number of carbonyl (C=O) groups excluding carboxylic acids is 1. The maximum Gasteiger partial charge on any atom is 0.253 e. The van der Waals surface area contributed by atoms with Gasteiger partial charge in [-0.15, -0.1) is 0 Å². The fraction of sp³-hybridized carbons (Fsp3) is 0.0455. The summed E-state index contributed by atoms with van der Waals surface area (Å²) in [6.45, 7) is 0. The molecule has 146 valence electrons. The van der Waals surface area contributed by atoms with Crippen LogP contribution in [-0.2, 0) is 4.79 Å². The molecule has 0 radical (unpaired) electrons. The van der Waals surface area contributed by atoms with Crippen LogP contribution in [0.25, 0.3) is 0 Å². The number of Topliss-reactive ketones (excluding diaryl/α,β-unsaturated/α-hetero) is 1. The lowest BCUT2D eigenvalue weighted by Crippen LogP contribution is -2.21. The number of allylic oxidation sites excluding steroid dienone is 12. The highest BCUT2D eigenvalue weighted by molar-refractivity contribution is 6.77. The highest BCUT2D eigenvalue weighted by atomic mass is 35.6. The number of aliphatic imine (C=N–C) groups is 4. The molecule has 30 heavy (non-hydrogen) atoms. The Morgan fingerprint density at radius 3 is 1.57 bits per heavy atom. The third-order valence-electron chi connectivity index (χ3n) is 4.54. The van der Waals surface area contributed by atoms with E-state index in [-0.39, 0.29) is 5.57 Å². The number of hydrogen-bond donors (Lipinski definition) is 0. The molecule has 0 unspecified atom stereocenters. The van der Waals surface area contributed by atoms with E-state index >= 15 is 0 Å². The van der Waals surface area contributed by atoms with E-state index in [0.717, 1.165) is 22.8 Å². The molecule has 8 heteroatoms. The lowest BCUT2D eigenvalue weighted by molar-refractivity contribution is -0.114. The van der Waals surface area contributed by atoms with Crippen LogP contribution in [-0.4, -0.2) is 32.4 Å². The summed E-state index contributed by atoms with van der Waals surface area (Å²) < 4.78 is -2.09. The Balaban J connectivity index is 1.65. The summed E-state index contributed by atoms with van der Waals surface area (Å²) in [5.74, 6) is -0.653. The average molecular weight is 454 g/mol. The van der Waals surface area contributed by atoms with Crippen molar-refractivity contribution in [1.82, 2.24) is 0 Å². The summed E-state index contributed by atoms with van der Waals surface area (Å²) in [6.07, 6.45) is 20.1. The number of carbonyl (C=O) groups is 1. The van der Waals surface area contributed by atoms with Crippen molar-refractivity contribution in [2.45, 2.75) is 3.79 Å². The summed E-state index contributed by atoms with van der Waals surface area (Å²) >= 11 is 17.5. The van der Waals surface area contributed by atoms with Crippen LogP contribution >= 0.6 is 34.8 Å². The van der Waals surface area contributed by atoms with Crippen molar-refractivity contribution in [3.05, 3.63) is 95.2 Å². The van der Waals surface area contributed by atoms with E-state index in [1.807, 2.05) is 48.6 Å². The van der Waals surface area contributed by atoms with Gasteiger partial charge in [0.05, 0.1) is 51.2 Å². The molecule has 0 atom stereocenters. The molecule has 0 N–H and O–H groups in total. The third-order valence-corrected chi connectivity index (χ3v) is 5.06. The smallest absolute Gasteiger partial charge is 0.253 e. The second-order valence-electron chi connectivity index (χ2n) is 6.77. The van der Waals surface area contributed by atoms with Crippen molar-refractivity contribution in [1.29, 1.82) is 0 Å². The van der Waals surface area contributed by atoms with Gasteiger partial charge in [-0.05, 0) is 66.8 Å². The van der Waals surface area contributed by atoms with Gasteiger partial charge in [0.15, 0.2) is 0 Å². The summed E-state index contributed by atoms with van der Waals surface area (Å²) in [6, 6.07) is 0. The molecule has 8 bridgehead atoms. The minimum atomic E-state index is -2.09. The summed E-state index contributed by atoms with van der Waals surface area (Å²) in [4.78, 5) is 30.9. The van der Waals surface area contributed by atoms with Gasteiger partial charge in [0.2, 0.25) is 5.78 Å². The highest BCUT2D eigenvalue weighted by Crippen LogP contribution is 2.35. The Bertz CT molecular complexity index is 1270. The maximum absolute atomic E-state index is 12.7. The molecule has 0 spiro atoms. The SMILES string of the molecule is O=C(C1=CC2=NC1=CC1=NC(=CC3=NC(=CC4=NC(=C2)C=C4)C=C3)C=C1)C(Cl)(Cl)Cl. The minimum absolute atomic E-state index is 0.208. The van der Waals surface area contributed by atoms with Crippen LogP contribution in [0.1, 0.15) is 0 Å². The van der Waals surface area contributed by atoms with E-state index in [2.05, 4.69) is 20.0 Å². The van der Waals surface area contributed by atoms with E-state index in [1.165, 1.54) is 0 Å². The van der Waals surface area contributed by atoms with Crippen LogP contribution in [0.3, 0.4) is 0 Å². The highest BCUT2D eigenvalue weighted by Gasteiger charge is 2.36. The molecule has 0 aromatic rings. The quantitative estimate of drug-likeness (QED) is 0.521. The molecular formula is C22H11Cl3N4O. The van der Waals surface area contributed by atoms with Gasteiger partial charge in [0.25, 0.3) is 3.79 Å². The van der Waals surface area contributed by atoms with E-state index < -0.39 is 9.58 Å². The van der Waals surface area contributed by atoms with Gasteiger partial charge in [-0.3, -0.25) is 4.79 Å². The molecule has 5 aliphatic rings. The Labute approximate surface area is 187 Å². The van der Waals surface area contributed by atoms with E-state index in [4.69, 9.17) is 34.8 Å². The van der Waals surface area contributed by atoms with Crippen LogP contribution in [0.15, 0.2) is 115 Å². The molecule has 0 saturated heterocycles. The summed E-state index contributed by atoms with van der Waals surface area (Å²) in [5.41, 5.74) is 5.53. The van der Waals surface area contributed by atoms with E-state index in [1.54, 1.807) is 18.2 Å². The van der Waals surface area contributed by atoms with Gasteiger partial charge in [0, 0.05) is 0 Å². The Morgan fingerprint density at radius 1 is 0.600 bits per heavy atom. The number of fused-ring (bicyclic) bond motifs is 4. The second kappa shape index (κ2) is 7.13. The fourth-order valence-electron chi connectivity index (χ4n) is 3.23. The second-order valence-corrected chi connectivity index (χ2v) is 9.05. The first-order valence-corrected chi connectivity index (χ1v) is 10.1. The van der Waals surface area contributed by atoms with Crippen LogP contribution in [0.2, 0.25) is 0 Å². The van der Waals surface area contributed by atoms with Gasteiger partial charge >= 0.3 is 0 Å². The predicted molar refractivity (Wildman–Crippen MR) is 123 cm³/mol. The summed E-state index contributed by atoms with van der Waals surface area (Å²) in [5, 5.41) is 0. The van der Waals surface area contributed by atoms with E-state index in [0.29, 0.717) is 22.8 Å². The molecule has 5 rings (SSSR count). The van der Waals surface area contributed by atoms with E-state index in [9.17, 15) is 4.79 Å². The molecular weight excluding hydrogens is 443 g/mol. The van der Waals surface area contributed by atoms with Crippen LogP contribution in [0, 0.1) is 0 Å². The molecule has 5 nitrogen and oxygen atoms in total. The minimum Gasteiger partial charge on any atom is -0.289 e. The number of nitrogens with zero attached hydrogens (tertiary/aromatic N) is 4. The monoisotopic (exact) mass is 452 g/mol. The Kier molecular flexibility index (Phi) is 4.54. The molecule has 0 fully saturated rings. The number of ketones is 1. The lowest BCUT2D eigenvalue weighted by atomic mass is 10.1. The van der Waals surface area contributed by atoms with Crippen molar-refractivity contribution in [3.8, 4) is 0 Å². The van der Waals surface area contributed by atoms with Crippen LogP contribution in [0.5, 0.6) is 0 Å². The van der Waals surface area contributed by atoms with Crippen LogP contribution in [0.4, 0.5) is 0 Å². The number of alkyl halides is 3. The Morgan fingerprint density at radius 2 is 1.07 bits per heavy atom. The van der Waals surface area contributed by atoms with Gasteiger partial charge in [-0.2, -0.15) is 0 Å². The molecule has 0 saturated carbocycles. The molecule has 0 aliphatic carbocycles. The lowest BCUT2D eigenvalue weighted by Gasteiger charge is -2.10. The van der Waals surface area contributed by atoms with Crippen molar-refractivity contribution in [3.63, 3.8) is 0 Å². The third kappa shape index (κ3) is 3.79. The van der Waals surface area contributed by atoms with Gasteiger partial charge in [0.1, 0.15) is 0 Å². The number of halogens is 3. The fourth-order valence-corrected chi connectivity index (χ4v) is 3.54. The first-order chi connectivity index (χ1) is 14.3. The van der Waals surface area contributed by atoms with Gasteiger partial charge < -0.3 is 0 Å². The molecule has 5 heterocycles. The zero-order chi connectivity index (χ0) is 20.9. The summed E-state index contributed by atoms with van der Waals surface area (Å²) in [7, 11) is 0. The first kappa shape index (κ1) is 19.1. The maximum atomic E-state index is 12.7. The zero-order valence-electron chi connectivity index (χ0n) is 15.2. The van der Waals surface area contributed by atoms with Gasteiger partial charge in [-0.25, -0.2) is 20.0 Å². The first-order valence-electron chi connectivity index (χ1n) is 8.93. The molecule has 0 amide bonds. The van der Waals surface area contributed by atoms with Crippen LogP contribution < -0.4 is 0 Å². The van der Waals surface area contributed by atoms with Crippen molar-refractivity contribution >= 4 is 63.4 Å². The Hall–Kier alpha value is -2.86. The average Bonchev–Trinajstić information content (AvgIpc) is 3.45. The topological polar surface area (TPSA) is 66.5 Å². The van der Waals surface area contributed by atoms with Crippen molar-refractivity contribution in [2.24, 2.45) is 20.0 Å². The van der Waals surface area contributed by atoms with Crippen molar-refractivity contribution < 1.29 is 4.79 Å². The standard InChI is InChI=1S/C22H11Cl3N4O/c23-22(24,25)21(30)19-10-18-9-16-4-3-14(27-16)7-12-1-2-13(26-12)8-15-5-6-17(28-15)11-20(19)29-18/h1-11H. The van der Waals surface area contributed by atoms with Gasteiger partial charge in [-0.1, -0.05) is 34.8 Å². The molecule has 5 aliphatic heterocycles. The molecule has 0 aromatic carbocycles. The normalized spacial score (nSPS) is 21.4. The van der Waals surface area contributed by atoms with Crippen molar-refractivity contribution in [2.75, 3.05) is 0 Å². The zero-order valence-corrected chi connectivity index (χ0v) is 17.4. The predicted octanol–water partition coefficient (Wildman–Crippen LogP) is 4.89. The molecule has 0 aromatic heterocycles. The largest absolute Gasteiger partial charge is 0.289 e. The number of rotatable bonds is 1. The number of hydrogen-bond acceptors (Lipinski definition) is 5.